The molecular formula is C18H18O5. The van der Waals surface area contributed by atoms with Crippen molar-refractivity contribution in [3.05, 3.63) is 59.7 Å². The highest BCUT2D eigenvalue weighted by atomic mass is 16.7. The third-order valence-electron chi connectivity index (χ3n) is 3.12. The zero-order valence-electron chi connectivity index (χ0n) is 13.1. The van der Waals surface area contributed by atoms with Crippen LogP contribution in [0.3, 0.4) is 0 Å². The summed E-state index contributed by atoms with van der Waals surface area (Å²) in [6, 6.07) is 13.6. The second kappa shape index (κ2) is 7.98. The van der Waals surface area contributed by atoms with E-state index in [0.29, 0.717) is 5.75 Å². The second-order valence-electron chi connectivity index (χ2n) is 4.63. The number of ether oxygens (including phenoxy) is 3. The molecule has 0 aliphatic rings. The molecule has 5 heteroatoms. The molecule has 120 valence electrons. The zero-order chi connectivity index (χ0) is 16.7. The van der Waals surface area contributed by atoms with Gasteiger partial charge in [-0.3, -0.25) is 0 Å². The Hall–Kier alpha value is -2.82. The van der Waals surface area contributed by atoms with Crippen LogP contribution in [0, 0.1) is 0 Å². The van der Waals surface area contributed by atoms with E-state index in [1.165, 1.54) is 12.1 Å². The molecule has 0 aliphatic heterocycles. The predicted molar refractivity (Wildman–Crippen MR) is 84.9 cm³/mol. The summed E-state index contributed by atoms with van der Waals surface area (Å²) >= 11 is 0. The van der Waals surface area contributed by atoms with Gasteiger partial charge in [0.2, 0.25) is 0 Å². The number of hydrogen-bond donors (Lipinski definition) is 0. The average Bonchev–Trinajstić information content (AvgIpc) is 2.56. The van der Waals surface area contributed by atoms with Crippen LogP contribution in [0.15, 0.2) is 48.5 Å². The lowest BCUT2D eigenvalue weighted by Gasteiger charge is -2.11. The van der Waals surface area contributed by atoms with Gasteiger partial charge < -0.3 is 14.2 Å². The van der Waals surface area contributed by atoms with Crippen LogP contribution in [0.1, 0.15) is 29.8 Å². The van der Waals surface area contributed by atoms with Gasteiger partial charge in [-0.2, -0.15) is 0 Å². The summed E-state index contributed by atoms with van der Waals surface area (Å²) in [7, 11) is 0. The number of para-hydroxylation sites is 2. The minimum absolute atomic E-state index is 0.102. The van der Waals surface area contributed by atoms with Crippen LogP contribution in [-0.4, -0.2) is 18.7 Å². The van der Waals surface area contributed by atoms with Crippen molar-refractivity contribution in [2.75, 3.05) is 6.61 Å². The highest BCUT2D eigenvalue weighted by molar-refractivity contribution is 5.93. The molecule has 0 atom stereocenters. The van der Waals surface area contributed by atoms with Crippen molar-refractivity contribution in [3.63, 3.8) is 0 Å². The average molecular weight is 314 g/mol. The molecule has 0 heterocycles. The zero-order valence-corrected chi connectivity index (χ0v) is 13.1. The quantitative estimate of drug-likeness (QED) is 0.616. The smallest absolute Gasteiger partial charge is 0.462 e. The van der Waals surface area contributed by atoms with Gasteiger partial charge in [0, 0.05) is 0 Å². The van der Waals surface area contributed by atoms with E-state index in [1.54, 1.807) is 31.2 Å². The number of esters is 1. The summed E-state index contributed by atoms with van der Waals surface area (Å²) < 4.78 is 15.3. The van der Waals surface area contributed by atoms with Crippen molar-refractivity contribution in [1.82, 2.24) is 0 Å². The fourth-order valence-electron chi connectivity index (χ4n) is 2.03. The van der Waals surface area contributed by atoms with Gasteiger partial charge in [-0.25, -0.2) is 9.59 Å². The lowest BCUT2D eigenvalue weighted by Crippen LogP contribution is -2.17. The fourth-order valence-corrected chi connectivity index (χ4v) is 2.03. The SMILES string of the molecule is CCOC(=O)c1ccccc1OC(=O)Oc1ccccc1CC. The molecule has 0 spiro atoms. The van der Waals surface area contributed by atoms with Gasteiger partial charge in [0.05, 0.1) is 6.61 Å². The van der Waals surface area contributed by atoms with Crippen LogP contribution in [-0.2, 0) is 11.2 Å². The Labute approximate surface area is 134 Å². The summed E-state index contributed by atoms with van der Waals surface area (Å²) in [5, 5.41) is 0. The van der Waals surface area contributed by atoms with Gasteiger partial charge in [-0.1, -0.05) is 37.3 Å². The molecule has 0 unspecified atom stereocenters. The molecule has 2 rings (SSSR count). The second-order valence-corrected chi connectivity index (χ2v) is 4.63. The van der Waals surface area contributed by atoms with Gasteiger partial charge in [0.25, 0.3) is 0 Å². The molecule has 0 aromatic heterocycles. The third-order valence-corrected chi connectivity index (χ3v) is 3.12. The van der Waals surface area contributed by atoms with Crippen LogP contribution in [0.5, 0.6) is 11.5 Å². The normalized spacial score (nSPS) is 10.0. The molecule has 0 amide bonds. The van der Waals surface area contributed by atoms with E-state index >= 15 is 0 Å². The molecule has 2 aromatic rings. The summed E-state index contributed by atoms with van der Waals surface area (Å²) in [6.45, 7) is 3.91. The first-order chi connectivity index (χ1) is 11.2. The first kappa shape index (κ1) is 16.5. The molecule has 0 saturated heterocycles. The number of aryl methyl sites for hydroxylation is 1. The molecule has 0 radical (unpaired) electrons. The Kier molecular flexibility index (Phi) is 5.74. The van der Waals surface area contributed by atoms with Crippen molar-refractivity contribution in [3.8, 4) is 11.5 Å². The van der Waals surface area contributed by atoms with E-state index in [-0.39, 0.29) is 17.9 Å². The number of carbonyl (C=O) groups is 2. The van der Waals surface area contributed by atoms with E-state index < -0.39 is 12.1 Å². The molecule has 0 bridgehead atoms. The largest absolute Gasteiger partial charge is 0.519 e. The van der Waals surface area contributed by atoms with Crippen molar-refractivity contribution >= 4 is 12.1 Å². The van der Waals surface area contributed by atoms with E-state index in [0.717, 1.165) is 12.0 Å². The van der Waals surface area contributed by atoms with Crippen LogP contribution in [0.2, 0.25) is 0 Å². The standard InChI is InChI=1S/C18H18O5/c1-3-13-9-5-7-11-15(13)22-18(20)23-16-12-8-6-10-14(16)17(19)21-4-2/h5-12H,3-4H2,1-2H3. The Morgan fingerprint density at radius 2 is 1.48 bits per heavy atom. The molecule has 5 nitrogen and oxygen atoms in total. The highest BCUT2D eigenvalue weighted by Crippen LogP contribution is 2.22. The maximum atomic E-state index is 12.0. The van der Waals surface area contributed by atoms with Crippen molar-refractivity contribution in [2.24, 2.45) is 0 Å². The molecule has 0 fully saturated rings. The van der Waals surface area contributed by atoms with Gasteiger partial charge in [-0.05, 0) is 37.1 Å². The minimum atomic E-state index is -0.900. The first-order valence-electron chi connectivity index (χ1n) is 7.39. The van der Waals surface area contributed by atoms with E-state index in [4.69, 9.17) is 14.2 Å². The fraction of sp³-hybridized carbons (Fsp3) is 0.222. The summed E-state index contributed by atoms with van der Waals surface area (Å²) in [5.41, 5.74) is 1.07. The summed E-state index contributed by atoms with van der Waals surface area (Å²) in [5.74, 6) is -0.0107. The molecule has 2 aromatic carbocycles. The summed E-state index contributed by atoms with van der Waals surface area (Å²) in [6.07, 6.45) is -0.175. The van der Waals surface area contributed by atoms with E-state index in [2.05, 4.69) is 0 Å². The van der Waals surface area contributed by atoms with Crippen molar-refractivity contribution in [2.45, 2.75) is 20.3 Å². The predicted octanol–water partition coefficient (Wildman–Crippen LogP) is 4.00. The minimum Gasteiger partial charge on any atom is -0.462 e. The highest BCUT2D eigenvalue weighted by Gasteiger charge is 2.17. The Balaban J connectivity index is 2.13. The van der Waals surface area contributed by atoms with Gasteiger partial charge in [0.15, 0.2) is 0 Å². The molecule has 23 heavy (non-hydrogen) atoms. The van der Waals surface area contributed by atoms with Crippen LogP contribution in [0.4, 0.5) is 4.79 Å². The van der Waals surface area contributed by atoms with Gasteiger partial charge in [0.1, 0.15) is 17.1 Å². The number of hydrogen-bond acceptors (Lipinski definition) is 5. The molecular weight excluding hydrogens is 296 g/mol. The lowest BCUT2D eigenvalue weighted by atomic mass is 10.1. The Morgan fingerprint density at radius 3 is 2.17 bits per heavy atom. The van der Waals surface area contributed by atoms with Crippen LogP contribution >= 0.6 is 0 Å². The number of benzene rings is 2. The van der Waals surface area contributed by atoms with E-state index in [9.17, 15) is 9.59 Å². The van der Waals surface area contributed by atoms with Gasteiger partial charge in [-0.15, -0.1) is 0 Å². The maximum absolute atomic E-state index is 12.0. The van der Waals surface area contributed by atoms with Crippen molar-refractivity contribution < 1.29 is 23.8 Å². The van der Waals surface area contributed by atoms with Crippen LogP contribution < -0.4 is 9.47 Å². The maximum Gasteiger partial charge on any atom is 0.519 e. The molecule has 0 aliphatic carbocycles. The van der Waals surface area contributed by atoms with Gasteiger partial charge >= 0.3 is 12.1 Å². The Bertz CT molecular complexity index is 693. The molecule has 0 N–H and O–H groups in total. The number of rotatable bonds is 5. The first-order valence-corrected chi connectivity index (χ1v) is 7.39. The third kappa shape index (κ3) is 4.32. The van der Waals surface area contributed by atoms with E-state index in [1.807, 2.05) is 19.1 Å². The van der Waals surface area contributed by atoms with Crippen molar-refractivity contribution in [1.29, 1.82) is 0 Å². The lowest BCUT2D eigenvalue weighted by molar-refractivity contribution is 0.0522. The Morgan fingerprint density at radius 1 is 0.870 bits per heavy atom. The topological polar surface area (TPSA) is 61.8 Å². The number of carbonyl (C=O) groups excluding carboxylic acids is 2. The van der Waals surface area contributed by atoms with Crippen LogP contribution in [0.25, 0.3) is 0 Å². The monoisotopic (exact) mass is 314 g/mol. The summed E-state index contributed by atoms with van der Waals surface area (Å²) in [4.78, 5) is 23.8. The molecule has 0 saturated carbocycles.